The first-order chi connectivity index (χ1) is 13.6. The van der Waals surface area contributed by atoms with E-state index in [9.17, 15) is 4.79 Å². The van der Waals surface area contributed by atoms with Crippen molar-refractivity contribution in [2.24, 2.45) is 0 Å². The monoisotopic (exact) mass is 372 g/mol. The van der Waals surface area contributed by atoms with Crippen LogP contribution in [0.1, 0.15) is 40.9 Å². The van der Waals surface area contributed by atoms with Crippen molar-refractivity contribution in [2.45, 2.75) is 39.7 Å². The van der Waals surface area contributed by atoms with Gasteiger partial charge in [0, 0.05) is 29.8 Å². The molecular formula is C23H24N4O. The maximum absolute atomic E-state index is 12.7. The summed E-state index contributed by atoms with van der Waals surface area (Å²) in [5.41, 5.74) is 5.93. The Kier molecular flexibility index (Phi) is 4.82. The minimum Gasteiger partial charge on any atom is -0.321 e. The molecular weight excluding hydrogens is 348 g/mol. The Morgan fingerprint density at radius 1 is 1.14 bits per heavy atom. The summed E-state index contributed by atoms with van der Waals surface area (Å²) in [4.78, 5) is 23.8. The summed E-state index contributed by atoms with van der Waals surface area (Å²) in [6.45, 7) is 6.24. The number of anilines is 3. The van der Waals surface area contributed by atoms with Crippen molar-refractivity contribution >= 4 is 23.2 Å². The number of nitrogens with one attached hydrogen (secondary N) is 1. The molecule has 0 saturated carbocycles. The van der Waals surface area contributed by atoms with E-state index in [0.29, 0.717) is 11.5 Å². The van der Waals surface area contributed by atoms with Crippen molar-refractivity contribution < 1.29 is 4.79 Å². The molecule has 142 valence electrons. The third-order valence-corrected chi connectivity index (χ3v) is 5.30. The SMILES string of the molecule is CCc1cccc(C)c1NC(=O)c1cnc(N2c3ccccc3CC2C)nc1. The average molecular weight is 372 g/mol. The van der Waals surface area contributed by atoms with E-state index in [1.165, 1.54) is 5.56 Å². The zero-order chi connectivity index (χ0) is 19.7. The number of carbonyl (C=O) groups is 1. The minimum atomic E-state index is -0.189. The lowest BCUT2D eigenvalue weighted by atomic mass is 10.1. The van der Waals surface area contributed by atoms with Crippen LogP contribution in [0.25, 0.3) is 0 Å². The van der Waals surface area contributed by atoms with E-state index < -0.39 is 0 Å². The number of hydrogen-bond acceptors (Lipinski definition) is 4. The van der Waals surface area contributed by atoms with Crippen LogP contribution in [0, 0.1) is 6.92 Å². The molecule has 1 aromatic heterocycles. The fourth-order valence-electron chi connectivity index (χ4n) is 3.82. The highest BCUT2D eigenvalue weighted by atomic mass is 16.1. The summed E-state index contributed by atoms with van der Waals surface area (Å²) in [5, 5.41) is 3.03. The topological polar surface area (TPSA) is 58.1 Å². The normalized spacial score (nSPS) is 15.4. The van der Waals surface area contributed by atoms with Gasteiger partial charge in [0.1, 0.15) is 0 Å². The molecule has 1 atom stereocenters. The molecule has 0 saturated heterocycles. The van der Waals surface area contributed by atoms with E-state index in [4.69, 9.17) is 0 Å². The van der Waals surface area contributed by atoms with Gasteiger partial charge in [-0.15, -0.1) is 0 Å². The summed E-state index contributed by atoms with van der Waals surface area (Å²) >= 11 is 0. The number of rotatable bonds is 4. The largest absolute Gasteiger partial charge is 0.321 e. The van der Waals surface area contributed by atoms with Gasteiger partial charge in [0.25, 0.3) is 5.91 Å². The molecule has 1 unspecified atom stereocenters. The minimum absolute atomic E-state index is 0.189. The molecule has 0 bridgehead atoms. The van der Waals surface area contributed by atoms with Crippen LogP contribution in [0.4, 0.5) is 17.3 Å². The Hall–Kier alpha value is -3.21. The van der Waals surface area contributed by atoms with Gasteiger partial charge in [-0.3, -0.25) is 4.79 Å². The number of aryl methyl sites for hydroxylation is 2. The Bertz CT molecular complexity index is 1010. The van der Waals surface area contributed by atoms with Crippen molar-refractivity contribution in [3.63, 3.8) is 0 Å². The fourth-order valence-corrected chi connectivity index (χ4v) is 3.82. The second kappa shape index (κ2) is 7.43. The molecule has 2 heterocycles. The highest BCUT2D eigenvalue weighted by Gasteiger charge is 2.28. The molecule has 0 aliphatic carbocycles. The number of aromatic nitrogens is 2. The van der Waals surface area contributed by atoms with E-state index >= 15 is 0 Å². The van der Waals surface area contributed by atoms with Crippen molar-refractivity contribution in [1.29, 1.82) is 0 Å². The number of carbonyl (C=O) groups excluding carboxylic acids is 1. The number of amides is 1. The molecule has 1 aliphatic heterocycles. The van der Waals surface area contributed by atoms with E-state index in [1.54, 1.807) is 12.4 Å². The van der Waals surface area contributed by atoms with Crippen LogP contribution in [0.15, 0.2) is 54.9 Å². The van der Waals surface area contributed by atoms with Gasteiger partial charge in [-0.25, -0.2) is 9.97 Å². The zero-order valence-electron chi connectivity index (χ0n) is 16.4. The van der Waals surface area contributed by atoms with Crippen LogP contribution in [-0.2, 0) is 12.8 Å². The molecule has 28 heavy (non-hydrogen) atoms. The van der Waals surface area contributed by atoms with Gasteiger partial charge in [0.05, 0.1) is 5.56 Å². The van der Waals surface area contributed by atoms with Crippen molar-refractivity contribution in [1.82, 2.24) is 9.97 Å². The van der Waals surface area contributed by atoms with Crippen LogP contribution >= 0.6 is 0 Å². The Labute approximate surface area is 165 Å². The van der Waals surface area contributed by atoms with Gasteiger partial charge >= 0.3 is 0 Å². The summed E-state index contributed by atoms with van der Waals surface area (Å²) in [7, 11) is 0. The van der Waals surface area contributed by atoms with Crippen molar-refractivity contribution in [3.05, 3.63) is 77.1 Å². The molecule has 1 aliphatic rings. The van der Waals surface area contributed by atoms with E-state index in [-0.39, 0.29) is 11.9 Å². The molecule has 5 nitrogen and oxygen atoms in total. The molecule has 4 rings (SSSR count). The Balaban J connectivity index is 1.57. The number of hydrogen-bond donors (Lipinski definition) is 1. The average Bonchev–Trinajstić information content (AvgIpc) is 3.05. The first kappa shape index (κ1) is 18.2. The van der Waals surface area contributed by atoms with Crippen molar-refractivity contribution in [3.8, 4) is 0 Å². The molecule has 1 N–H and O–H groups in total. The molecule has 2 aromatic carbocycles. The number of para-hydroxylation sites is 2. The lowest BCUT2D eigenvalue weighted by molar-refractivity contribution is 0.102. The van der Waals surface area contributed by atoms with Gasteiger partial charge in [-0.1, -0.05) is 43.3 Å². The maximum atomic E-state index is 12.7. The zero-order valence-corrected chi connectivity index (χ0v) is 16.4. The standard InChI is InChI=1S/C23H24N4O/c1-4-17-10-7-8-15(2)21(17)26-22(28)19-13-24-23(25-14-19)27-16(3)12-18-9-5-6-11-20(18)27/h5-11,13-14,16H,4,12H2,1-3H3,(H,26,28). The second-order valence-corrected chi connectivity index (χ2v) is 7.24. The van der Waals surface area contributed by atoms with Crippen LogP contribution < -0.4 is 10.2 Å². The number of fused-ring (bicyclic) bond motifs is 1. The number of benzene rings is 2. The maximum Gasteiger partial charge on any atom is 0.258 e. The molecule has 1 amide bonds. The lowest BCUT2D eigenvalue weighted by Gasteiger charge is -2.22. The highest BCUT2D eigenvalue weighted by molar-refractivity contribution is 6.04. The Morgan fingerprint density at radius 3 is 2.64 bits per heavy atom. The third kappa shape index (κ3) is 3.24. The van der Waals surface area contributed by atoms with Crippen LogP contribution in [-0.4, -0.2) is 21.9 Å². The summed E-state index contributed by atoms with van der Waals surface area (Å²) in [6.07, 6.45) is 5.04. The van der Waals surface area contributed by atoms with E-state index in [0.717, 1.165) is 35.3 Å². The van der Waals surface area contributed by atoms with Gasteiger partial charge in [0.15, 0.2) is 0 Å². The molecule has 0 fully saturated rings. The lowest BCUT2D eigenvalue weighted by Crippen LogP contribution is -2.26. The smallest absolute Gasteiger partial charge is 0.258 e. The predicted molar refractivity (Wildman–Crippen MR) is 112 cm³/mol. The van der Waals surface area contributed by atoms with Crippen LogP contribution in [0.3, 0.4) is 0 Å². The quantitative estimate of drug-likeness (QED) is 0.722. The summed E-state index contributed by atoms with van der Waals surface area (Å²) in [6, 6.07) is 14.6. The Morgan fingerprint density at radius 2 is 1.89 bits per heavy atom. The van der Waals surface area contributed by atoms with Gasteiger partial charge in [-0.05, 0) is 49.4 Å². The first-order valence-electron chi connectivity index (χ1n) is 9.67. The van der Waals surface area contributed by atoms with Crippen LogP contribution in [0.5, 0.6) is 0 Å². The molecule has 0 radical (unpaired) electrons. The van der Waals surface area contributed by atoms with Crippen LogP contribution in [0.2, 0.25) is 0 Å². The molecule has 0 spiro atoms. The fraction of sp³-hybridized carbons (Fsp3) is 0.261. The summed E-state index contributed by atoms with van der Waals surface area (Å²) < 4.78 is 0. The van der Waals surface area contributed by atoms with Gasteiger partial charge < -0.3 is 10.2 Å². The number of nitrogens with zero attached hydrogens (tertiary/aromatic N) is 3. The van der Waals surface area contributed by atoms with Gasteiger partial charge in [0.2, 0.25) is 5.95 Å². The van der Waals surface area contributed by atoms with E-state index in [2.05, 4.69) is 52.2 Å². The van der Waals surface area contributed by atoms with Crippen molar-refractivity contribution in [2.75, 3.05) is 10.2 Å². The second-order valence-electron chi connectivity index (χ2n) is 7.24. The highest BCUT2D eigenvalue weighted by Crippen LogP contribution is 2.36. The first-order valence-corrected chi connectivity index (χ1v) is 9.67. The van der Waals surface area contributed by atoms with E-state index in [1.807, 2.05) is 31.2 Å². The molecule has 3 aromatic rings. The summed E-state index contributed by atoms with van der Waals surface area (Å²) in [5.74, 6) is 0.435. The van der Waals surface area contributed by atoms with Gasteiger partial charge in [-0.2, -0.15) is 0 Å². The molecule has 5 heteroatoms. The third-order valence-electron chi connectivity index (χ3n) is 5.30. The predicted octanol–water partition coefficient (Wildman–Crippen LogP) is 4.68.